The summed E-state index contributed by atoms with van der Waals surface area (Å²) >= 11 is 5.97. The van der Waals surface area contributed by atoms with Crippen molar-refractivity contribution in [3.8, 4) is 0 Å². The molecule has 0 saturated carbocycles. The molecule has 0 radical (unpaired) electrons. The number of benzene rings is 2. The Bertz CT molecular complexity index is 1870. The molecule has 56 heavy (non-hydrogen) atoms. The predicted molar refractivity (Wildman–Crippen MR) is 226 cm³/mol. The molecule has 2 aromatic heterocycles. The van der Waals surface area contributed by atoms with Crippen molar-refractivity contribution in [2.24, 2.45) is 5.90 Å². The van der Waals surface area contributed by atoms with Gasteiger partial charge in [-0.25, -0.2) is 26.3 Å². The van der Waals surface area contributed by atoms with Crippen LogP contribution in [0, 0.1) is 13.8 Å². The first-order valence-corrected chi connectivity index (χ1v) is 19.3. The summed E-state index contributed by atoms with van der Waals surface area (Å²) in [5, 5.41) is 12.4. The topological polar surface area (TPSA) is 194 Å². The first kappa shape index (κ1) is 45.5. The number of halogens is 1. The fourth-order valence-corrected chi connectivity index (χ4v) is 5.86. The van der Waals surface area contributed by atoms with Crippen LogP contribution in [-0.4, -0.2) is 68.5 Å². The lowest BCUT2D eigenvalue weighted by Gasteiger charge is -2.28. The Kier molecular flexibility index (Phi) is 18.8. The number of anilines is 7. The molecule has 0 bridgehead atoms. The molecule has 0 unspecified atom stereocenters. The fourth-order valence-electron chi connectivity index (χ4n) is 5.73. The second kappa shape index (κ2) is 23.2. The molecule has 0 spiro atoms. The molecule has 2 aliphatic rings. The number of nitrogens with zero attached hydrogens (tertiary/aromatic N) is 5. The van der Waals surface area contributed by atoms with E-state index in [1.54, 1.807) is 12.4 Å². The van der Waals surface area contributed by atoms with Gasteiger partial charge in [-0.15, -0.1) is 0 Å². The summed E-state index contributed by atoms with van der Waals surface area (Å²) in [5.74, 6) is 6.23. The summed E-state index contributed by atoms with van der Waals surface area (Å²) in [4.78, 5) is 51.4. The highest BCUT2D eigenvalue weighted by Crippen LogP contribution is 2.28. The molecule has 304 valence electrons. The van der Waals surface area contributed by atoms with Crippen molar-refractivity contribution < 1.29 is 19.3 Å². The lowest BCUT2D eigenvalue weighted by atomic mass is 10.0. The van der Waals surface area contributed by atoms with Crippen LogP contribution in [0.2, 0.25) is 5.15 Å². The van der Waals surface area contributed by atoms with Gasteiger partial charge in [0.2, 0.25) is 23.7 Å². The van der Waals surface area contributed by atoms with Crippen LogP contribution in [0.3, 0.4) is 0 Å². The maximum Gasteiger partial charge on any atom is 0.229 e. The average molecular weight is 792 g/mol. The van der Waals surface area contributed by atoms with Gasteiger partial charge in [-0.3, -0.25) is 19.3 Å². The van der Waals surface area contributed by atoms with Crippen molar-refractivity contribution >= 4 is 63.9 Å². The third kappa shape index (κ3) is 14.6. The van der Waals surface area contributed by atoms with E-state index in [-0.39, 0.29) is 11.8 Å². The number of aryl methyl sites for hydroxylation is 4. The van der Waals surface area contributed by atoms with Crippen LogP contribution in [0.5, 0.6) is 0 Å². The van der Waals surface area contributed by atoms with E-state index in [1.165, 1.54) is 0 Å². The summed E-state index contributed by atoms with van der Waals surface area (Å²) in [6.07, 6.45) is 5.92. The van der Waals surface area contributed by atoms with Crippen molar-refractivity contribution in [3.63, 3.8) is 0 Å². The fraction of sp³-hybridized carbons (Fsp3) is 0.450. The van der Waals surface area contributed by atoms with E-state index in [1.807, 2.05) is 64.1 Å². The molecule has 0 atom stereocenters. The van der Waals surface area contributed by atoms with E-state index in [9.17, 15) is 9.59 Å². The van der Waals surface area contributed by atoms with Crippen molar-refractivity contribution in [2.75, 3.05) is 46.5 Å². The number of nitrogens with one attached hydrogen (secondary N) is 5. The number of amides is 2. The van der Waals surface area contributed by atoms with Gasteiger partial charge in [-0.1, -0.05) is 18.5 Å². The third-order valence-electron chi connectivity index (χ3n) is 8.57. The van der Waals surface area contributed by atoms with E-state index >= 15 is 0 Å². The van der Waals surface area contributed by atoms with Crippen LogP contribution >= 0.6 is 11.6 Å². The third-order valence-corrected chi connectivity index (χ3v) is 8.95. The molecule has 2 aliphatic heterocycles. The zero-order valence-corrected chi connectivity index (χ0v) is 34.8. The zero-order valence-electron chi connectivity index (χ0n) is 34.0. The first-order valence-electron chi connectivity index (χ1n) is 19.0. The molecule has 4 heterocycles. The molecule has 2 aromatic carbocycles. The van der Waals surface area contributed by atoms with E-state index < -0.39 is 0 Å². The molecule has 0 fully saturated rings. The van der Waals surface area contributed by atoms with Crippen LogP contribution in [-0.2, 0) is 32.1 Å². The number of aromatic nitrogens is 4. The molecule has 7 N–H and O–H groups in total. The molecule has 2 amide bonds. The van der Waals surface area contributed by atoms with E-state index in [4.69, 9.17) is 16.4 Å². The van der Waals surface area contributed by atoms with Crippen molar-refractivity contribution in [3.05, 3.63) is 76.2 Å². The summed E-state index contributed by atoms with van der Waals surface area (Å²) in [7, 11) is 0. The van der Waals surface area contributed by atoms with E-state index in [0.29, 0.717) is 61.0 Å². The number of fused-ring (bicyclic) bond motifs is 2. The van der Waals surface area contributed by atoms with Crippen LogP contribution in [0.4, 0.5) is 40.5 Å². The predicted octanol–water partition coefficient (Wildman–Crippen LogP) is 7.87. The van der Waals surface area contributed by atoms with Gasteiger partial charge in [0, 0.05) is 71.2 Å². The number of hydrogen-bond donors (Lipinski definition) is 6. The standard InChI is InChI=1S/C16H19N5O2.C14H13ClN4O.C8H19N.C2H7NO/c1-3-23-21-15-10(2)9-17-16(20-15)18-12-5-6-13-11(8-12)4-7-14(22)19-13;1-8-7-16-14(19-13(8)15)17-10-3-4-11-9(6-10)2-5-12(20)18-11;1-6-9(7(2)3)8(4)5;1-2-4-3/h5-6,8-9H,3-4,7H2,1-2H3,(H,19,22)(H2,17,18,20,21);3-4,6-7H,2,5H2,1H3,(H,18,20)(H,16,17,19);7-8H,6H2,1-5H3;2-3H2,1H3. The lowest BCUT2D eigenvalue weighted by molar-refractivity contribution is -0.117. The Morgan fingerprint density at radius 1 is 0.768 bits per heavy atom. The highest BCUT2D eigenvalue weighted by atomic mass is 35.5. The van der Waals surface area contributed by atoms with Gasteiger partial charge in [0.05, 0.1) is 13.2 Å². The van der Waals surface area contributed by atoms with Gasteiger partial charge in [-0.05, 0) is 122 Å². The number of carbonyl (C=O) groups excluding carboxylic acids is 2. The van der Waals surface area contributed by atoms with Gasteiger partial charge in [0.15, 0.2) is 5.82 Å². The SMILES string of the molecule is CCN(C(C)C)C(C)C.CCON.CCONc1nc(Nc2ccc3c(c2)CCC(=O)N3)ncc1C.Cc1cnc(Nc2ccc3c(c2)CCC(=O)N3)nc1Cl. The Morgan fingerprint density at radius 3 is 1.66 bits per heavy atom. The minimum atomic E-state index is 0.0618. The maximum absolute atomic E-state index is 11.4. The number of nitrogens with two attached hydrogens (primary N) is 1. The highest BCUT2D eigenvalue weighted by Gasteiger charge is 2.16. The van der Waals surface area contributed by atoms with Crippen molar-refractivity contribution in [1.29, 1.82) is 0 Å². The van der Waals surface area contributed by atoms with E-state index in [2.05, 4.69) is 96.9 Å². The monoisotopic (exact) mass is 791 g/mol. The summed E-state index contributed by atoms with van der Waals surface area (Å²) in [6, 6.07) is 12.9. The van der Waals surface area contributed by atoms with Gasteiger partial charge in [-0.2, -0.15) is 4.98 Å². The molecule has 15 nitrogen and oxygen atoms in total. The smallest absolute Gasteiger partial charge is 0.229 e. The molecule has 4 aromatic rings. The minimum Gasteiger partial charge on any atom is -0.326 e. The van der Waals surface area contributed by atoms with Crippen molar-refractivity contribution in [2.45, 2.75) is 100 Å². The average Bonchev–Trinajstić information content (AvgIpc) is 3.17. The quantitative estimate of drug-likeness (QED) is 0.0636. The Hall–Kier alpha value is -4.93. The molecular weight excluding hydrogens is 734 g/mol. The summed E-state index contributed by atoms with van der Waals surface area (Å²) in [6.45, 7) is 21.0. The maximum atomic E-state index is 11.4. The van der Waals surface area contributed by atoms with E-state index in [0.717, 1.165) is 64.4 Å². The molecule has 0 saturated heterocycles. The molecular formula is C40H58ClN11O4. The van der Waals surface area contributed by atoms with Gasteiger partial charge >= 0.3 is 0 Å². The van der Waals surface area contributed by atoms with Crippen molar-refractivity contribution in [1.82, 2.24) is 24.8 Å². The number of hydrogen-bond acceptors (Lipinski definition) is 13. The number of rotatable bonds is 11. The van der Waals surface area contributed by atoms with Crippen LogP contribution < -0.4 is 32.6 Å². The molecule has 0 aliphatic carbocycles. The normalized spacial score (nSPS) is 12.8. The number of carbonyl (C=O) groups is 2. The van der Waals surface area contributed by atoms with Gasteiger partial charge in [0.25, 0.3) is 0 Å². The largest absolute Gasteiger partial charge is 0.326 e. The molecule has 16 heteroatoms. The Morgan fingerprint density at radius 2 is 1.25 bits per heavy atom. The zero-order chi connectivity index (χ0) is 41.2. The van der Waals surface area contributed by atoms with Crippen LogP contribution in [0.15, 0.2) is 48.8 Å². The molecule has 6 rings (SSSR count). The highest BCUT2D eigenvalue weighted by molar-refractivity contribution is 6.30. The Labute approximate surface area is 335 Å². The lowest BCUT2D eigenvalue weighted by Crippen LogP contribution is -2.36. The van der Waals surface area contributed by atoms with Crippen LogP contribution in [0.1, 0.15) is 83.6 Å². The minimum absolute atomic E-state index is 0.0618. The van der Waals surface area contributed by atoms with Gasteiger partial charge < -0.3 is 26.1 Å². The second-order valence-electron chi connectivity index (χ2n) is 13.5. The van der Waals surface area contributed by atoms with Gasteiger partial charge in [0.1, 0.15) is 5.15 Å². The van der Waals surface area contributed by atoms with Crippen LogP contribution in [0.25, 0.3) is 0 Å². The first-order chi connectivity index (χ1) is 26.8. The summed E-state index contributed by atoms with van der Waals surface area (Å²) < 4.78 is 0. The second-order valence-corrected chi connectivity index (χ2v) is 13.8. The Balaban J connectivity index is 0.000000232. The summed E-state index contributed by atoms with van der Waals surface area (Å²) in [5.41, 5.74) is 10.2.